The van der Waals surface area contributed by atoms with Crippen molar-refractivity contribution in [2.75, 3.05) is 7.11 Å². The Morgan fingerprint density at radius 1 is 1.16 bits per heavy atom. The molecular formula is C26H14BrClN2O7S. The van der Waals surface area contributed by atoms with E-state index in [1.165, 1.54) is 31.4 Å². The Labute approximate surface area is 232 Å². The van der Waals surface area contributed by atoms with Crippen LogP contribution in [0, 0.1) is 10.1 Å². The van der Waals surface area contributed by atoms with Crippen LogP contribution in [0.4, 0.5) is 5.69 Å². The highest BCUT2D eigenvalue weighted by molar-refractivity contribution is 9.10. The number of non-ortho nitro benzene ring substituents is 1. The number of esters is 2. The van der Waals surface area contributed by atoms with Gasteiger partial charge in [0.2, 0.25) is 5.90 Å². The quantitative estimate of drug-likeness (QED) is 0.0772. The third kappa shape index (κ3) is 5.03. The molecule has 0 saturated carbocycles. The molecule has 12 heteroatoms. The second kappa shape index (κ2) is 10.4. The molecule has 0 saturated heterocycles. The minimum Gasteiger partial charge on any atom is -0.497 e. The zero-order valence-corrected chi connectivity index (χ0v) is 22.4. The van der Waals surface area contributed by atoms with E-state index >= 15 is 0 Å². The fraction of sp³-hybridized carbons (Fsp3) is 0.0385. The van der Waals surface area contributed by atoms with E-state index in [4.69, 9.17) is 25.8 Å². The standard InChI is InChI=1S/C26H14BrClN2O7S/c1-35-17-6-2-13(3-7-17)25(31)36-20-9-4-15(27)10-14(20)11-19-26(32)37-24(29-19)23-22(28)18-8-5-16(30(33)34)12-21(18)38-23/h2-12H,1H3/b19-11+. The monoisotopic (exact) mass is 612 g/mol. The van der Waals surface area contributed by atoms with Crippen molar-refractivity contribution in [1.29, 1.82) is 0 Å². The van der Waals surface area contributed by atoms with Gasteiger partial charge in [0.25, 0.3) is 5.69 Å². The molecular weight excluding hydrogens is 600 g/mol. The number of aliphatic imine (C=N–C) groups is 1. The predicted molar refractivity (Wildman–Crippen MR) is 146 cm³/mol. The second-order valence-electron chi connectivity index (χ2n) is 7.82. The highest BCUT2D eigenvalue weighted by Gasteiger charge is 2.29. The van der Waals surface area contributed by atoms with E-state index in [2.05, 4.69) is 20.9 Å². The van der Waals surface area contributed by atoms with Gasteiger partial charge in [-0.25, -0.2) is 14.6 Å². The number of cyclic esters (lactones) is 1. The number of hydrogen-bond donors (Lipinski definition) is 0. The number of thiophene rings is 1. The molecule has 0 unspecified atom stereocenters. The molecule has 0 N–H and O–H groups in total. The van der Waals surface area contributed by atoms with Crippen molar-refractivity contribution in [2.24, 2.45) is 4.99 Å². The second-order valence-corrected chi connectivity index (χ2v) is 10.2. The molecule has 0 spiro atoms. The number of ether oxygens (including phenoxy) is 3. The number of halogens is 2. The lowest BCUT2D eigenvalue weighted by atomic mass is 10.1. The number of methoxy groups -OCH3 is 1. The lowest BCUT2D eigenvalue weighted by Crippen LogP contribution is -2.09. The molecule has 1 aliphatic rings. The first-order valence-corrected chi connectivity index (χ1v) is 12.8. The largest absolute Gasteiger partial charge is 0.497 e. The first-order valence-electron chi connectivity index (χ1n) is 10.8. The van der Waals surface area contributed by atoms with Crippen molar-refractivity contribution in [3.63, 3.8) is 0 Å². The van der Waals surface area contributed by atoms with Crippen molar-refractivity contribution in [1.82, 2.24) is 0 Å². The molecule has 3 aromatic carbocycles. The number of carbonyl (C=O) groups excluding carboxylic acids is 2. The number of nitrogens with zero attached hydrogens (tertiary/aromatic N) is 2. The van der Waals surface area contributed by atoms with E-state index in [1.54, 1.807) is 42.5 Å². The molecule has 2 heterocycles. The van der Waals surface area contributed by atoms with Crippen molar-refractivity contribution in [3.05, 3.63) is 102 Å². The summed E-state index contributed by atoms with van der Waals surface area (Å²) in [6, 6.07) is 15.7. The maximum atomic E-state index is 12.7. The van der Waals surface area contributed by atoms with Crippen LogP contribution in [-0.2, 0) is 9.53 Å². The number of fused-ring (bicyclic) bond motifs is 1. The summed E-state index contributed by atoms with van der Waals surface area (Å²) in [6.07, 6.45) is 1.43. The van der Waals surface area contributed by atoms with Gasteiger partial charge in [-0.05, 0) is 54.6 Å². The fourth-order valence-electron chi connectivity index (χ4n) is 3.57. The Balaban J connectivity index is 1.47. The van der Waals surface area contributed by atoms with Crippen LogP contribution >= 0.6 is 38.9 Å². The maximum absolute atomic E-state index is 12.7. The summed E-state index contributed by atoms with van der Waals surface area (Å²) in [5.41, 5.74) is 0.586. The van der Waals surface area contributed by atoms with Gasteiger partial charge >= 0.3 is 11.9 Å². The third-order valence-corrected chi connectivity index (χ3v) is 7.57. The lowest BCUT2D eigenvalue weighted by Gasteiger charge is -2.09. The van der Waals surface area contributed by atoms with Crippen molar-refractivity contribution in [3.8, 4) is 11.5 Å². The van der Waals surface area contributed by atoms with E-state index in [9.17, 15) is 19.7 Å². The zero-order chi connectivity index (χ0) is 27.0. The Morgan fingerprint density at radius 2 is 1.92 bits per heavy atom. The number of nitro benzene ring substituents is 1. The molecule has 0 atom stereocenters. The van der Waals surface area contributed by atoms with Crippen LogP contribution in [0.1, 0.15) is 20.8 Å². The van der Waals surface area contributed by atoms with Gasteiger partial charge in [-0.1, -0.05) is 27.5 Å². The van der Waals surface area contributed by atoms with E-state index in [0.29, 0.717) is 36.3 Å². The van der Waals surface area contributed by atoms with E-state index < -0.39 is 16.9 Å². The smallest absolute Gasteiger partial charge is 0.363 e. The maximum Gasteiger partial charge on any atom is 0.363 e. The summed E-state index contributed by atoms with van der Waals surface area (Å²) >= 11 is 11.0. The molecule has 0 aliphatic carbocycles. The van der Waals surface area contributed by atoms with Gasteiger partial charge in [-0.3, -0.25) is 10.1 Å². The molecule has 1 aromatic heterocycles. The van der Waals surface area contributed by atoms with E-state index in [0.717, 1.165) is 11.3 Å². The summed E-state index contributed by atoms with van der Waals surface area (Å²) < 4.78 is 17.3. The fourth-order valence-corrected chi connectivity index (χ4v) is 5.42. The van der Waals surface area contributed by atoms with Crippen molar-refractivity contribution >= 4 is 78.6 Å². The van der Waals surface area contributed by atoms with Crippen LogP contribution in [0.25, 0.3) is 16.2 Å². The van der Waals surface area contributed by atoms with Crippen molar-refractivity contribution < 1.29 is 28.7 Å². The number of carbonyl (C=O) groups is 2. The highest BCUT2D eigenvalue weighted by atomic mass is 79.9. The minimum atomic E-state index is -0.730. The number of hydrogen-bond acceptors (Lipinski definition) is 9. The summed E-state index contributed by atoms with van der Waals surface area (Å²) in [4.78, 5) is 40.7. The van der Waals surface area contributed by atoms with E-state index in [1.807, 2.05) is 0 Å². The van der Waals surface area contributed by atoms with Gasteiger partial charge in [0, 0.05) is 32.3 Å². The third-order valence-electron chi connectivity index (χ3n) is 5.43. The predicted octanol–water partition coefficient (Wildman–Crippen LogP) is 6.80. The van der Waals surface area contributed by atoms with Gasteiger partial charge in [0.15, 0.2) is 5.70 Å². The summed E-state index contributed by atoms with van der Waals surface area (Å²) in [6.45, 7) is 0. The SMILES string of the molecule is COc1ccc(C(=O)Oc2ccc(Br)cc2/C=C2/N=C(c3sc4cc([N+](=O)[O-])ccc4c3Cl)OC2=O)cc1. The Bertz CT molecular complexity index is 1700. The number of nitro groups is 1. The Kier molecular flexibility index (Phi) is 6.98. The minimum absolute atomic E-state index is 0.0260. The molecule has 9 nitrogen and oxygen atoms in total. The molecule has 1 aliphatic heterocycles. The Morgan fingerprint density at radius 3 is 2.63 bits per heavy atom. The van der Waals surface area contributed by atoms with Crippen LogP contribution in [0.3, 0.4) is 0 Å². The van der Waals surface area contributed by atoms with Gasteiger partial charge in [-0.2, -0.15) is 0 Å². The van der Waals surface area contributed by atoms with Gasteiger partial charge in [-0.15, -0.1) is 11.3 Å². The van der Waals surface area contributed by atoms with Crippen LogP contribution in [-0.4, -0.2) is 29.9 Å². The van der Waals surface area contributed by atoms with Gasteiger partial charge < -0.3 is 14.2 Å². The molecule has 0 radical (unpaired) electrons. The summed E-state index contributed by atoms with van der Waals surface area (Å²) in [5, 5.41) is 12.0. The molecule has 4 aromatic rings. The first-order chi connectivity index (χ1) is 18.2. The van der Waals surface area contributed by atoms with Crippen LogP contribution in [0.5, 0.6) is 11.5 Å². The molecule has 5 rings (SSSR count). The zero-order valence-electron chi connectivity index (χ0n) is 19.3. The average Bonchev–Trinajstić information content (AvgIpc) is 3.44. The highest BCUT2D eigenvalue weighted by Crippen LogP contribution is 2.39. The van der Waals surface area contributed by atoms with Crippen LogP contribution in [0.15, 0.2) is 75.8 Å². The van der Waals surface area contributed by atoms with Crippen molar-refractivity contribution in [2.45, 2.75) is 0 Å². The summed E-state index contributed by atoms with van der Waals surface area (Å²) in [5.74, 6) is -0.557. The molecule has 0 bridgehead atoms. The number of benzene rings is 3. The summed E-state index contributed by atoms with van der Waals surface area (Å²) in [7, 11) is 1.53. The normalized spacial score (nSPS) is 13.9. The Hall–Kier alpha value is -4.06. The van der Waals surface area contributed by atoms with Gasteiger partial charge in [0.05, 0.1) is 22.6 Å². The molecule has 38 heavy (non-hydrogen) atoms. The van der Waals surface area contributed by atoms with Crippen LogP contribution in [0.2, 0.25) is 5.02 Å². The van der Waals surface area contributed by atoms with E-state index in [-0.39, 0.29) is 28.1 Å². The first kappa shape index (κ1) is 25.6. The molecule has 0 amide bonds. The molecule has 0 fully saturated rings. The van der Waals surface area contributed by atoms with Gasteiger partial charge in [0.1, 0.15) is 16.4 Å². The lowest BCUT2D eigenvalue weighted by molar-refractivity contribution is -0.384. The number of rotatable bonds is 6. The average molecular weight is 614 g/mol. The van der Waals surface area contributed by atoms with Crippen LogP contribution < -0.4 is 9.47 Å². The topological polar surface area (TPSA) is 117 Å². The molecule has 190 valence electrons.